The number of nitrogens with zero attached hydrogens (tertiary/aromatic N) is 4. The first-order valence-electron chi connectivity index (χ1n) is 12.9. The second-order valence-corrected chi connectivity index (χ2v) is 10.7. The SMILES string of the molecule is [C-]#[N+]c1cn2[nH]c(-c3ccc(N4CCCCC4)c(C)c3)nc2c1C(=O)OC1C(C)CC(C)CC1C. The van der Waals surface area contributed by atoms with Gasteiger partial charge in [0.2, 0.25) is 5.69 Å². The number of hydrogen-bond acceptors (Lipinski definition) is 4. The zero-order valence-electron chi connectivity index (χ0n) is 21.2. The number of aryl methyl sites for hydroxylation is 1. The van der Waals surface area contributed by atoms with Gasteiger partial charge in [0.25, 0.3) is 0 Å². The van der Waals surface area contributed by atoms with E-state index in [2.05, 4.69) is 60.7 Å². The molecule has 1 aliphatic heterocycles. The van der Waals surface area contributed by atoms with Crippen molar-refractivity contribution in [2.24, 2.45) is 17.8 Å². The highest BCUT2D eigenvalue weighted by atomic mass is 16.5. The smallest absolute Gasteiger partial charge is 0.331 e. The van der Waals surface area contributed by atoms with Crippen molar-refractivity contribution in [3.63, 3.8) is 0 Å². The minimum atomic E-state index is -0.452. The maximum Gasteiger partial charge on any atom is 0.331 e. The molecule has 35 heavy (non-hydrogen) atoms. The van der Waals surface area contributed by atoms with Crippen LogP contribution in [0.25, 0.3) is 21.9 Å². The number of aromatic amines is 1. The lowest BCUT2D eigenvalue weighted by molar-refractivity contribution is -0.0249. The molecule has 0 radical (unpaired) electrons. The van der Waals surface area contributed by atoms with E-state index in [4.69, 9.17) is 16.3 Å². The number of esters is 1. The monoisotopic (exact) mass is 473 g/mol. The van der Waals surface area contributed by atoms with Gasteiger partial charge >= 0.3 is 5.97 Å². The highest BCUT2D eigenvalue weighted by molar-refractivity contribution is 6.03. The van der Waals surface area contributed by atoms with E-state index in [1.54, 1.807) is 10.7 Å². The van der Waals surface area contributed by atoms with Gasteiger partial charge in [0.15, 0.2) is 11.5 Å². The summed E-state index contributed by atoms with van der Waals surface area (Å²) in [6.07, 6.45) is 7.37. The number of H-pyrrole nitrogens is 1. The van der Waals surface area contributed by atoms with Gasteiger partial charge in [-0.25, -0.2) is 14.6 Å². The van der Waals surface area contributed by atoms with Crippen LogP contribution in [0.5, 0.6) is 0 Å². The molecule has 2 aromatic heterocycles. The van der Waals surface area contributed by atoms with Gasteiger partial charge in [-0.2, -0.15) is 0 Å². The molecule has 3 heterocycles. The maximum absolute atomic E-state index is 13.3. The summed E-state index contributed by atoms with van der Waals surface area (Å²) in [6, 6.07) is 6.39. The number of rotatable bonds is 4. The molecule has 1 aromatic carbocycles. The minimum Gasteiger partial charge on any atom is -0.459 e. The summed E-state index contributed by atoms with van der Waals surface area (Å²) >= 11 is 0. The fourth-order valence-electron chi connectivity index (χ4n) is 6.23. The molecule has 2 atom stereocenters. The van der Waals surface area contributed by atoms with Gasteiger partial charge in [-0.3, -0.25) is 9.61 Å². The van der Waals surface area contributed by atoms with E-state index in [0.717, 1.165) is 31.5 Å². The van der Waals surface area contributed by atoms with Crippen LogP contribution in [-0.2, 0) is 4.74 Å². The highest BCUT2D eigenvalue weighted by Crippen LogP contribution is 2.37. The summed E-state index contributed by atoms with van der Waals surface area (Å²) in [5.74, 6) is 1.44. The number of hydrogen-bond donors (Lipinski definition) is 1. The molecular formula is C28H35N5O2. The number of benzene rings is 1. The van der Waals surface area contributed by atoms with Crippen LogP contribution in [0.2, 0.25) is 0 Å². The number of nitrogens with one attached hydrogen (secondary N) is 1. The molecule has 1 saturated carbocycles. The summed E-state index contributed by atoms with van der Waals surface area (Å²) in [7, 11) is 0. The molecule has 2 unspecified atom stereocenters. The number of anilines is 1. The molecular weight excluding hydrogens is 438 g/mol. The lowest BCUT2D eigenvalue weighted by Gasteiger charge is -2.37. The van der Waals surface area contributed by atoms with Crippen LogP contribution in [-0.4, -0.2) is 39.8 Å². The third kappa shape index (κ3) is 4.42. The van der Waals surface area contributed by atoms with Crippen molar-refractivity contribution in [1.82, 2.24) is 14.6 Å². The fraction of sp³-hybridized carbons (Fsp3) is 0.536. The van der Waals surface area contributed by atoms with Gasteiger partial charge in [-0.1, -0.05) is 20.8 Å². The average molecular weight is 474 g/mol. The van der Waals surface area contributed by atoms with Crippen LogP contribution in [0.15, 0.2) is 24.4 Å². The van der Waals surface area contributed by atoms with Crippen LogP contribution >= 0.6 is 0 Å². The van der Waals surface area contributed by atoms with Crippen molar-refractivity contribution >= 4 is 23.0 Å². The summed E-state index contributed by atoms with van der Waals surface area (Å²) < 4.78 is 7.69. The summed E-state index contributed by atoms with van der Waals surface area (Å²) in [5.41, 5.74) is 4.40. The Balaban J connectivity index is 1.43. The molecule has 7 nitrogen and oxygen atoms in total. The summed E-state index contributed by atoms with van der Waals surface area (Å²) in [6.45, 7) is 18.5. The number of fused-ring (bicyclic) bond motifs is 1. The Labute approximate surface area is 207 Å². The maximum atomic E-state index is 13.3. The van der Waals surface area contributed by atoms with Crippen LogP contribution in [0.1, 0.15) is 68.8 Å². The summed E-state index contributed by atoms with van der Waals surface area (Å²) in [4.78, 5) is 24.1. The van der Waals surface area contributed by atoms with E-state index in [1.165, 1.54) is 30.5 Å². The molecule has 1 aliphatic carbocycles. The first-order valence-corrected chi connectivity index (χ1v) is 12.9. The Kier molecular flexibility index (Phi) is 6.31. The second kappa shape index (κ2) is 9.41. The van der Waals surface area contributed by atoms with Gasteiger partial charge in [0.05, 0.1) is 6.57 Å². The molecule has 5 rings (SSSR count). The van der Waals surface area contributed by atoms with Crippen molar-refractivity contribution < 1.29 is 9.53 Å². The van der Waals surface area contributed by atoms with Gasteiger partial charge in [-0.15, -0.1) is 0 Å². The van der Waals surface area contributed by atoms with Crippen LogP contribution in [0.4, 0.5) is 11.4 Å². The Morgan fingerprint density at radius 1 is 1.14 bits per heavy atom. The standard InChI is InChI=1S/C28H35N5O2/c1-17-13-19(3)25(20(4)14-17)35-28(34)24-22(29-5)16-33-27(24)30-26(31-33)21-9-10-23(18(2)15-21)32-11-7-6-8-12-32/h9-10,15-17,19-20,25H,6-8,11-14H2,1-4H3,(H,30,31). The van der Waals surface area contributed by atoms with Crippen molar-refractivity contribution in [2.45, 2.75) is 65.9 Å². The predicted octanol–water partition coefficient (Wildman–Crippen LogP) is 6.41. The lowest BCUT2D eigenvalue weighted by atomic mass is 9.75. The van der Waals surface area contributed by atoms with E-state index >= 15 is 0 Å². The Morgan fingerprint density at radius 3 is 2.51 bits per heavy atom. The first-order chi connectivity index (χ1) is 16.9. The van der Waals surface area contributed by atoms with Gasteiger partial charge in [-0.05, 0) is 80.5 Å². The van der Waals surface area contributed by atoms with E-state index in [-0.39, 0.29) is 17.4 Å². The third-order valence-electron chi connectivity index (χ3n) is 7.81. The Morgan fingerprint density at radius 2 is 1.86 bits per heavy atom. The van der Waals surface area contributed by atoms with Gasteiger partial charge in [0.1, 0.15) is 11.7 Å². The molecule has 3 aromatic rings. The van der Waals surface area contributed by atoms with Crippen molar-refractivity contribution in [2.75, 3.05) is 18.0 Å². The average Bonchev–Trinajstić information content (AvgIpc) is 3.39. The van der Waals surface area contributed by atoms with Crippen molar-refractivity contribution in [1.29, 1.82) is 0 Å². The molecule has 7 heteroatoms. The number of ether oxygens (including phenoxy) is 1. The first kappa shape index (κ1) is 23.5. The molecule has 0 amide bonds. The Hall–Kier alpha value is -3.27. The number of carbonyl (C=O) groups excluding carboxylic acids is 1. The van der Waals surface area contributed by atoms with Crippen molar-refractivity contribution in [3.05, 3.63) is 46.9 Å². The van der Waals surface area contributed by atoms with Gasteiger partial charge in [0, 0.05) is 30.5 Å². The third-order valence-corrected chi connectivity index (χ3v) is 7.81. The topological polar surface area (TPSA) is 67.0 Å². The largest absolute Gasteiger partial charge is 0.459 e. The van der Waals surface area contributed by atoms with Crippen LogP contribution < -0.4 is 4.90 Å². The zero-order chi connectivity index (χ0) is 24.7. The molecule has 2 fully saturated rings. The number of aromatic nitrogens is 3. The van der Waals surface area contributed by atoms with E-state index in [1.807, 2.05) is 0 Å². The highest BCUT2D eigenvalue weighted by Gasteiger charge is 2.35. The predicted molar refractivity (Wildman–Crippen MR) is 138 cm³/mol. The zero-order valence-corrected chi connectivity index (χ0v) is 21.2. The number of carbonyl (C=O) groups is 1. The quantitative estimate of drug-likeness (QED) is 0.351. The minimum absolute atomic E-state index is 0.143. The van der Waals surface area contributed by atoms with E-state index in [9.17, 15) is 4.79 Å². The van der Waals surface area contributed by atoms with Crippen LogP contribution in [0.3, 0.4) is 0 Å². The fourth-order valence-corrected chi connectivity index (χ4v) is 6.23. The second-order valence-electron chi connectivity index (χ2n) is 10.7. The molecule has 1 saturated heterocycles. The Bertz CT molecular complexity index is 1260. The van der Waals surface area contributed by atoms with Gasteiger partial charge < -0.3 is 9.64 Å². The van der Waals surface area contributed by atoms with E-state index in [0.29, 0.717) is 29.2 Å². The van der Waals surface area contributed by atoms with Crippen molar-refractivity contribution in [3.8, 4) is 11.4 Å². The summed E-state index contributed by atoms with van der Waals surface area (Å²) in [5, 5.41) is 3.26. The molecule has 1 N–H and O–H groups in total. The lowest BCUT2D eigenvalue weighted by Crippen LogP contribution is -2.37. The van der Waals surface area contributed by atoms with E-state index < -0.39 is 5.97 Å². The normalized spacial score (nSPS) is 24.9. The number of piperidine rings is 1. The molecule has 184 valence electrons. The molecule has 2 aliphatic rings. The molecule has 0 spiro atoms. The molecule has 0 bridgehead atoms. The van der Waals surface area contributed by atoms with Crippen LogP contribution in [0, 0.1) is 31.2 Å².